The Morgan fingerprint density at radius 2 is 2.05 bits per heavy atom. The van der Waals surface area contributed by atoms with Crippen molar-refractivity contribution in [3.05, 3.63) is 22.2 Å². The van der Waals surface area contributed by atoms with Gasteiger partial charge in [0.05, 0.1) is 14.2 Å². The standard InChI is InChI=1S/C14H21BrN2O2/c1-9-6-17(8-13(9)16)7-11-12(15)4-10(18-2)5-14(11)19-3/h4-5,9,13H,6-8,16H2,1-3H3. The van der Waals surface area contributed by atoms with Crippen LogP contribution in [0.15, 0.2) is 16.6 Å². The average molecular weight is 329 g/mol. The Morgan fingerprint density at radius 1 is 1.32 bits per heavy atom. The Balaban J connectivity index is 2.20. The number of hydrogen-bond donors (Lipinski definition) is 1. The Labute approximate surface area is 123 Å². The van der Waals surface area contributed by atoms with Crippen molar-refractivity contribution in [2.24, 2.45) is 11.7 Å². The van der Waals surface area contributed by atoms with Gasteiger partial charge in [0.2, 0.25) is 0 Å². The van der Waals surface area contributed by atoms with Crippen molar-refractivity contribution in [2.75, 3.05) is 27.3 Å². The highest BCUT2D eigenvalue weighted by molar-refractivity contribution is 9.10. The molecule has 0 radical (unpaired) electrons. The maximum absolute atomic E-state index is 6.07. The molecule has 0 bridgehead atoms. The fourth-order valence-electron chi connectivity index (χ4n) is 2.49. The van der Waals surface area contributed by atoms with Crippen molar-refractivity contribution in [2.45, 2.75) is 19.5 Å². The molecule has 1 aliphatic heterocycles. The molecule has 2 unspecified atom stereocenters. The summed E-state index contributed by atoms with van der Waals surface area (Å²) in [6, 6.07) is 4.15. The molecular formula is C14H21BrN2O2. The zero-order valence-corrected chi connectivity index (χ0v) is 13.2. The number of likely N-dealkylation sites (tertiary alicyclic amines) is 1. The second-order valence-electron chi connectivity index (χ2n) is 5.13. The summed E-state index contributed by atoms with van der Waals surface area (Å²) < 4.78 is 11.7. The second-order valence-corrected chi connectivity index (χ2v) is 5.98. The van der Waals surface area contributed by atoms with Gasteiger partial charge in [-0.15, -0.1) is 0 Å². The highest BCUT2D eigenvalue weighted by Crippen LogP contribution is 2.34. The van der Waals surface area contributed by atoms with Crippen LogP contribution in [0.1, 0.15) is 12.5 Å². The Bertz CT molecular complexity index is 443. The minimum atomic E-state index is 0.267. The van der Waals surface area contributed by atoms with Gasteiger partial charge in [-0.1, -0.05) is 22.9 Å². The number of ether oxygens (including phenoxy) is 2. The van der Waals surface area contributed by atoms with Gasteiger partial charge in [-0.3, -0.25) is 4.90 Å². The highest BCUT2D eigenvalue weighted by atomic mass is 79.9. The Morgan fingerprint density at radius 3 is 2.58 bits per heavy atom. The van der Waals surface area contributed by atoms with Gasteiger partial charge in [-0.2, -0.15) is 0 Å². The first-order valence-corrected chi connectivity index (χ1v) is 7.22. The van der Waals surface area contributed by atoms with Crippen LogP contribution < -0.4 is 15.2 Å². The molecule has 0 amide bonds. The fourth-order valence-corrected chi connectivity index (χ4v) is 3.04. The van der Waals surface area contributed by atoms with Gasteiger partial charge in [0.15, 0.2) is 0 Å². The van der Waals surface area contributed by atoms with E-state index in [2.05, 4.69) is 27.8 Å². The van der Waals surface area contributed by atoms with E-state index in [1.54, 1.807) is 14.2 Å². The quantitative estimate of drug-likeness (QED) is 0.920. The van der Waals surface area contributed by atoms with Crippen molar-refractivity contribution < 1.29 is 9.47 Å². The summed E-state index contributed by atoms with van der Waals surface area (Å²) in [4.78, 5) is 2.37. The van der Waals surface area contributed by atoms with Crippen LogP contribution in [0, 0.1) is 5.92 Å². The molecule has 1 aromatic rings. The smallest absolute Gasteiger partial charge is 0.128 e. The molecule has 0 aromatic heterocycles. The number of benzene rings is 1. The fraction of sp³-hybridized carbons (Fsp3) is 0.571. The molecule has 4 nitrogen and oxygen atoms in total. The van der Waals surface area contributed by atoms with Crippen molar-refractivity contribution in [3.8, 4) is 11.5 Å². The van der Waals surface area contributed by atoms with Gasteiger partial charge >= 0.3 is 0 Å². The Kier molecular flexibility index (Phi) is 4.71. The third kappa shape index (κ3) is 3.22. The van der Waals surface area contributed by atoms with E-state index in [0.29, 0.717) is 5.92 Å². The molecule has 1 aliphatic rings. The van der Waals surface area contributed by atoms with E-state index in [1.807, 2.05) is 12.1 Å². The molecule has 1 fully saturated rings. The van der Waals surface area contributed by atoms with Crippen molar-refractivity contribution in [1.29, 1.82) is 0 Å². The summed E-state index contributed by atoms with van der Waals surface area (Å²) in [5.41, 5.74) is 7.22. The van der Waals surface area contributed by atoms with Crippen LogP contribution in [0.3, 0.4) is 0 Å². The molecule has 0 saturated carbocycles. The zero-order chi connectivity index (χ0) is 14.0. The van der Waals surface area contributed by atoms with Gasteiger partial charge in [0.25, 0.3) is 0 Å². The third-order valence-electron chi connectivity index (χ3n) is 3.71. The number of nitrogens with zero attached hydrogens (tertiary/aromatic N) is 1. The first-order valence-electron chi connectivity index (χ1n) is 6.43. The van der Waals surface area contributed by atoms with Crippen LogP contribution in [0.25, 0.3) is 0 Å². The van der Waals surface area contributed by atoms with E-state index in [-0.39, 0.29) is 6.04 Å². The van der Waals surface area contributed by atoms with E-state index in [4.69, 9.17) is 15.2 Å². The number of rotatable bonds is 4. The van der Waals surface area contributed by atoms with Gasteiger partial charge < -0.3 is 15.2 Å². The maximum Gasteiger partial charge on any atom is 0.128 e. The van der Waals surface area contributed by atoms with Gasteiger partial charge in [-0.25, -0.2) is 0 Å². The first-order chi connectivity index (χ1) is 9.05. The van der Waals surface area contributed by atoms with E-state index in [1.165, 1.54) is 0 Å². The lowest BCUT2D eigenvalue weighted by Gasteiger charge is -2.19. The topological polar surface area (TPSA) is 47.7 Å². The number of nitrogens with two attached hydrogens (primary N) is 1. The number of halogens is 1. The van der Waals surface area contributed by atoms with Gasteiger partial charge in [0.1, 0.15) is 11.5 Å². The van der Waals surface area contributed by atoms with Crippen molar-refractivity contribution in [1.82, 2.24) is 4.90 Å². The monoisotopic (exact) mass is 328 g/mol. The summed E-state index contributed by atoms with van der Waals surface area (Å²) in [6.07, 6.45) is 0. The molecule has 2 N–H and O–H groups in total. The summed E-state index contributed by atoms with van der Waals surface area (Å²) >= 11 is 3.60. The van der Waals surface area contributed by atoms with Crippen LogP contribution in [-0.4, -0.2) is 38.3 Å². The third-order valence-corrected chi connectivity index (χ3v) is 4.42. The lowest BCUT2D eigenvalue weighted by Crippen LogP contribution is -2.28. The molecule has 19 heavy (non-hydrogen) atoms. The molecular weight excluding hydrogens is 308 g/mol. The summed E-state index contributed by atoms with van der Waals surface area (Å²) in [5, 5.41) is 0. The van der Waals surface area contributed by atoms with E-state index >= 15 is 0 Å². The maximum atomic E-state index is 6.07. The molecule has 1 aromatic carbocycles. The van der Waals surface area contributed by atoms with E-state index in [9.17, 15) is 0 Å². The predicted molar refractivity (Wildman–Crippen MR) is 79.7 cm³/mol. The number of hydrogen-bond acceptors (Lipinski definition) is 4. The van der Waals surface area contributed by atoms with E-state index in [0.717, 1.165) is 41.2 Å². The molecule has 5 heteroatoms. The van der Waals surface area contributed by atoms with Crippen LogP contribution >= 0.6 is 15.9 Å². The van der Waals surface area contributed by atoms with Crippen LogP contribution in [-0.2, 0) is 6.54 Å². The summed E-state index contributed by atoms with van der Waals surface area (Å²) in [7, 11) is 3.34. The summed E-state index contributed by atoms with van der Waals surface area (Å²) in [5.74, 6) is 2.18. The minimum absolute atomic E-state index is 0.267. The molecule has 2 atom stereocenters. The summed E-state index contributed by atoms with van der Waals surface area (Å²) in [6.45, 7) is 5.00. The molecule has 0 spiro atoms. The van der Waals surface area contributed by atoms with Gasteiger partial charge in [0, 0.05) is 41.8 Å². The Hall–Kier alpha value is -0.780. The lowest BCUT2D eigenvalue weighted by atomic mass is 10.1. The zero-order valence-electron chi connectivity index (χ0n) is 11.6. The van der Waals surface area contributed by atoms with Crippen molar-refractivity contribution >= 4 is 15.9 Å². The van der Waals surface area contributed by atoms with Crippen LogP contribution in [0.4, 0.5) is 0 Å². The van der Waals surface area contributed by atoms with Crippen molar-refractivity contribution in [3.63, 3.8) is 0 Å². The molecule has 106 valence electrons. The predicted octanol–water partition coefficient (Wildman–Crippen LogP) is 2.25. The second kappa shape index (κ2) is 6.11. The van der Waals surface area contributed by atoms with Crippen LogP contribution in [0.5, 0.6) is 11.5 Å². The molecule has 1 heterocycles. The SMILES string of the molecule is COc1cc(Br)c(CN2CC(C)C(N)C2)c(OC)c1. The molecule has 1 saturated heterocycles. The largest absolute Gasteiger partial charge is 0.497 e. The minimum Gasteiger partial charge on any atom is -0.497 e. The van der Waals surface area contributed by atoms with Crippen LogP contribution in [0.2, 0.25) is 0 Å². The first kappa shape index (κ1) is 14.6. The van der Waals surface area contributed by atoms with Gasteiger partial charge in [-0.05, 0) is 12.0 Å². The molecule has 0 aliphatic carbocycles. The normalized spacial score (nSPS) is 23.6. The number of methoxy groups -OCH3 is 2. The highest BCUT2D eigenvalue weighted by Gasteiger charge is 2.27. The van der Waals surface area contributed by atoms with E-state index < -0.39 is 0 Å². The molecule has 2 rings (SSSR count). The lowest BCUT2D eigenvalue weighted by molar-refractivity contribution is 0.308. The average Bonchev–Trinajstić information content (AvgIpc) is 2.70.